The molecule has 2 aromatic heterocycles. The van der Waals surface area contributed by atoms with Gasteiger partial charge in [-0.05, 0) is 102 Å². The van der Waals surface area contributed by atoms with Gasteiger partial charge in [0.25, 0.3) is 0 Å². The Morgan fingerprint density at radius 1 is 1.05 bits per heavy atom. The van der Waals surface area contributed by atoms with Crippen molar-refractivity contribution in [1.82, 2.24) is 9.97 Å². The maximum Gasteiger partial charge on any atom is 0.123 e. The number of hydrogen-bond donors (Lipinski definition) is 1. The number of pyridine rings is 1. The van der Waals surface area contributed by atoms with Crippen LogP contribution in [-0.2, 0) is 19.3 Å². The number of halogens is 1. The topological polar surface area (TPSA) is 50.3 Å². The summed E-state index contributed by atoms with van der Waals surface area (Å²) in [4.78, 5) is 12.7. The first-order valence-electron chi connectivity index (χ1n) is 13.9. The molecular weight excluding hydrogens is 497 g/mol. The second-order valence-electron chi connectivity index (χ2n) is 10.4. The normalized spacial score (nSPS) is 16.8. The lowest BCUT2D eigenvalue weighted by atomic mass is 9.86. The van der Waals surface area contributed by atoms with Gasteiger partial charge in [-0.1, -0.05) is 36.9 Å². The summed E-state index contributed by atoms with van der Waals surface area (Å²) >= 11 is 0. The van der Waals surface area contributed by atoms with E-state index < -0.39 is 0 Å². The predicted octanol–water partition coefficient (Wildman–Crippen LogP) is 8.26. The van der Waals surface area contributed by atoms with Crippen molar-refractivity contribution in [3.05, 3.63) is 124 Å². The molecule has 0 bridgehead atoms. The van der Waals surface area contributed by atoms with Gasteiger partial charge in [0.1, 0.15) is 11.6 Å². The van der Waals surface area contributed by atoms with Crippen LogP contribution in [-0.4, -0.2) is 22.3 Å². The lowest BCUT2D eigenvalue weighted by Crippen LogP contribution is -2.12. The van der Waals surface area contributed by atoms with Crippen LogP contribution in [0.3, 0.4) is 0 Å². The molecule has 5 heteroatoms. The summed E-state index contributed by atoms with van der Waals surface area (Å²) in [5.41, 5.74) is 16.6. The van der Waals surface area contributed by atoms with Gasteiger partial charge in [-0.15, -0.1) is 0 Å². The highest BCUT2D eigenvalue weighted by molar-refractivity contribution is 6.01. The summed E-state index contributed by atoms with van der Waals surface area (Å²) in [6.45, 7) is 6.85. The number of aliphatic imine (C=N–C) groups is 1. The molecule has 200 valence electrons. The second-order valence-corrected chi connectivity index (χ2v) is 10.4. The lowest BCUT2D eigenvalue weighted by Gasteiger charge is -2.21. The molecule has 0 saturated carbocycles. The van der Waals surface area contributed by atoms with E-state index in [0.717, 1.165) is 80.7 Å². The minimum atomic E-state index is -0.228. The molecule has 4 heterocycles. The smallest absolute Gasteiger partial charge is 0.123 e. The Balaban J connectivity index is 1.37. The zero-order valence-electron chi connectivity index (χ0n) is 23.1. The highest BCUT2D eigenvalue weighted by Crippen LogP contribution is 2.34. The number of allylic oxidation sites excluding steroid dienone is 4. The van der Waals surface area contributed by atoms with Crippen LogP contribution in [0.15, 0.2) is 106 Å². The Bertz CT molecular complexity index is 1760. The van der Waals surface area contributed by atoms with Crippen molar-refractivity contribution in [3.8, 4) is 16.9 Å². The molecule has 40 heavy (non-hydrogen) atoms. The molecule has 0 radical (unpaired) electrons. The Hall–Kier alpha value is -4.47. The number of fused-ring (bicyclic) bond motifs is 2. The number of nitrogens with one attached hydrogen (secondary N) is 1. The Morgan fingerprint density at radius 2 is 1.90 bits per heavy atom. The summed E-state index contributed by atoms with van der Waals surface area (Å²) in [6.07, 6.45) is 11.2. The molecule has 6 rings (SSSR count). The van der Waals surface area contributed by atoms with E-state index in [9.17, 15) is 4.39 Å². The highest BCUT2D eigenvalue weighted by Gasteiger charge is 2.20. The van der Waals surface area contributed by atoms with Crippen LogP contribution >= 0.6 is 0 Å². The van der Waals surface area contributed by atoms with E-state index >= 15 is 0 Å². The van der Waals surface area contributed by atoms with E-state index in [2.05, 4.69) is 59.9 Å². The maximum absolute atomic E-state index is 13.6. The van der Waals surface area contributed by atoms with E-state index in [1.165, 1.54) is 23.3 Å². The SMILES string of the molecule is CCc1c[nH]c2cc(-c3ccc4c(c3)C/C=C(/C3=C(Cc5ccc(F)cc5)C(C)=NC=C=C3C)CCO4)cnc12. The highest BCUT2D eigenvalue weighted by atomic mass is 19.1. The van der Waals surface area contributed by atoms with E-state index in [1.54, 1.807) is 6.20 Å². The van der Waals surface area contributed by atoms with Gasteiger partial charge < -0.3 is 9.72 Å². The number of nitrogens with zero attached hydrogens (tertiary/aromatic N) is 2. The molecule has 1 N–H and O–H groups in total. The van der Waals surface area contributed by atoms with Crippen LogP contribution in [0.5, 0.6) is 5.75 Å². The number of aromatic amines is 1. The van der Waals surface area contributed by atoms with Crippen LogP contribution in [0.2, 0.25) is 0 Å². The van der Waals surface area contributed by atoms with Gasteiger partial charge in [0.05, 0.1) is 23.8 Å². The van der Waals surface area contributed by atoms with Gasteiger partial charge >= 0.3 is 0 Å². The maximum atomic E-state index is 13.6. The number of benzene rings is 2. The van der Waals surface area contributed by atoms with Gasteiger partial charge in [0.15, 0.2) is 0 Å². The van der Waals surface area contributed by atoms with Crippen molar-refractivity contribution in [2.24, 2.45) is 4.99 Å². The van der Waals surface area contributed by atoms with Gasteiger partial charge in [0.2, 0.25) is 0 Å². The van der Waals surface area contributed by atoms with Crippen molar-refractivity contribution < 1.29 is 9.13 Å². The monoisotopic (exact) mass is 529 g/mol. The fraction of sp³-hybridized carbons (Fsp3) is 0.229. The molecule has 2 aliphatic rings. The average Bonchev–Trinajstić information content (AvgIpc) is 3.31. The molecule has 0 spiro atoms. The number of aromatic nitrogens is 2. The first-order valence-corrected chi connectivity index (χ1v) is 13.9. The second kappa shape index (κ2) is 11.0. The molecule has 0 saturated heterocycles. The van der Waals surface area contributed by atoms with Gasteiger partial charge in [-0.25, -0.2) is 4.39 Å². The number of hydrogen-bond acceptors (Lipinski definition) is 3. The standard InChI is InChI=1S/C35H32FN3O/c1-4-25-20-38-32-19-29(21-39-35(25)32)27-9-12-33-28(18-27)8-7-26(14-16-40-33)34-22(2)13-15-37-23(3)31(34)17-24-5-10-30(36)11-6-24/h5-7,9-12,15,18-21,38H,4,8,14,16-17H2,1-3H3/b26-7+. The lowest BCUT2D eigenvalue weighted by molar-refractivity contribution is 0.317. The number of rotatable bonds is 5. The molecule has 0 fully saturated rings. The Labute approximate surface area is 234 Å². The van der Waals surface area contributed by atoms with Crippen molar-refractivity contribution in [1.29, 1.82) is 0 Å². The van der Waals surface area contributed by atoms with E-state index in [0.29, 0.717) is 13.0 Å². The number of H-pyrrole nitrogens is 1. The van der Waals surface area contributed by atoms with Gasteiger partial charge in [-0.3, -0.25) is 9.98 Å². The van der Waals surface area contributed by atoms with Crippen molar-refractivity contribution in [2.75, 3.05) is 6.61 Å². The predicted molar refractivity (Wildman–Crippen MR) is 160 cm³/mol. The summed E-state index contributed by atoms with van der Waals surface area (Å²) in [5.74, 6) is 0.696. The van der Waals surface area contributed by atoms with Crippen molar-refractivity contribution >= 4 is 16.7 Å². The summed E-state index contributed by atoms with van der Waals surface area (Å²) < 4.78 is 19.9. The fourth-order valence-corrected chi connectivity index (χ4v) is 5.62. The van der Waals surface area contributed by atoms with Gasteiger partial charge in [-0.2, -0.15) is 0 Å². The first kappa shape index (κ1) is 25.8. The zero-order valence-corrected chi connectivity index (χ0v) is 23.1. The molecule has 2 aliphatic heterocycles. The van der Waals surface area contributed by atoms with Crippen molar-refractivity contribution in [3.63, 3.8) is 0 Å². The molecular formula is C35H32FN3O. The fourth-order valence-electron chi connectivity index (χ4n) is 5.62. The minimum Gasteiger partial charge on any atom is -0.493 e. The van der Waals surface area contributed by atoms with Crippen LogP contribution in [0.25, 0.3) is 22.2 Å². The Morgan fingerprint density at radius 3 is 2.73 bits per heavy atom. The molecule has 0 aliphatic carbocycles. The molecule has 0 unspecified atom stereocenters. The molecule has 4 nitrogen and oxygen atoms in total. The minimum absolute atomic E-state index is 0.228. The molecule has 0 amide bonds. The molecule has 0 atom stereocenters. The van der Waals surface area contributed by atoms with Crippen LogP contribution in [0.1, 0.15) is 43.9 Å². The summed E-state index contributed by atoms with van der Waals surface area (Å²) in [7, 11) is 0. The summed E-state index contributed by atoms with van der Waals surface area (Å²) in [6, 6.07) is 15.3. The van der Waals surface area contributed by atoms with Gasteiger partial charge in [0, 0.05) is 35.7 Å². The van der Waals surface area contributed by atoms with Crippen LogP contribution in [0, 0.1) is 5.82 Å². The zero-order chi connectivity index (χ0) is 27.6. The third-order valence-corrected chi connectivity index (χ3v) is 7.83. The van der Waals surface area contributed by atoms with E-state index in [-0.39, 0.29) is 5.82 Å². The van der Waals surface area contributed by atoms with Crippen molar-refractivity contribution in [2.45, 2.75) is 46.5 Å². The van der Waals surface area contributed by atoms with Crippen LogP contribution in [0.4, 0.5) is 4.39 Å². The average molecular weight is 530 g/mol. The third-order valence-electron chi connectivity index (χ3n) is 7.83. The Kier molecular flexibility index (Phi) is 7.06. The number of ether oxygens (including phenoxy) is 1. The van der Waals surface area contributed by atoms with E-state index in [4.69, 9.17) is 9.72 Å². The summed E-state index contributed by atoms with van der Waals surface area (Å²) in [5, 5.41) is 0. The van der Waals surface area contributed by atoms with E-state index in [1.807, 2.05) is 31.5 Å². The number of aryl methyl sites for hydroxylation is 1. The first-order chi connectivity index (χ1) is 19.5. The quantitative estimate of drug-likeness (QED) is 0.265. The molecule has 2 aromatic carbocycles. The van der Waals surface area contributed by atoms with Crippen LogP contribution < -0.4 is 4.74 Å². The largest absolute Gasteiger partial charge is 0.493 e. The third kappa shape index (κ3) is 5.09. The molecule has 4 aromatic rings.